The molecule has 2 rings (SSSR count). The van der Waals surface area contributed by atoms with E-state index in [0.717, 1.165) is 6.07 Å². The summed E-state index contributed by atoms with van der Waals surface area (Å²) >= 11 is 0. The first-order valence-corrected chi connectivity index (χ1v) is 16.2. The topological polar surface area (TPSA) is 70.5 Å². The van der Waals surface area contributed by atoms with E-state index in [2.05, 4.69) is 20.9 Å². The molecule has 0 unspecified atom stereocenters. The van der Waals surface area contributed by atoms with Gasteiger partial charge in [0.2, 0.25) is 5.83 Å². The van der Waals surface area contributed by atoms with Gasteiger partial charge in [0.15, 0.2) is 23.2 Å². The maximum atomic E-state index is 13.7. The molecule has 0 amide bonds. The Morgan fingerprint density at radius 3 is 0.932 bits per heavy atom. The number of para-hydroxylation sites is 1. The van der Waals surface area contributed by atoms with Crippen LogP contribution in [0.3, 0.4) is 0 Å². The highest BCUT2D eigenvalue weighted by Crippen LogP contribution is 2.66. The lowest BCUT2D eigenvalue weighted by atomic mass is 9.88. The van der Waals surface area contributed by atoms with Crippen LogP contribution < -0.4 is 20.9 Å². The molecule has 43 heteroatoms. The predicted molar refractivity (Wildman–Crippen MR) is 153 cm³/mol. The molecule has 0 aliphatic carbocycles. The van der Waals surface area contributed by atoms with Crippen LogP contribution in [0.15, 0.2) is 42.2 Å². The maximum absolute atomic E-state index is 13.7. The Kier molecular flexibility index (Phi) is 16.6. The lowest BCUT2D eigenvalue weighted by Crippen LogP contribution is -2.76. The molecule has 0 atom stereocenters. The summed E-state index contributed by atoms with van der Waals surface area (Å²) in [4.78, 5) is 0. The van der Waals surface area contributed by atoms with Crippen LogP contribution in [0.2, 0.25) is 0 Å². The van der Waals surface area contributed by atoms with Gasteiger partial charge >= 0.3 is 101 Å². The zero-order valence-electron chi connectivity index (χ0n) is 32.1. The molecule has 0 aliphatic heterocycles. The smallest absolute Gasteiger partial charge is 0.428 e. The minimum Gasteiger partial charge on any atom is -0.428 e. The van der Waals surface area contributed by atoms with Crippen LogP contribution in [0.25, 0.3) is 0 Å². The average Bonchev–Trinajstić information content (AvgIpc) is 3.22. The minimum atomic E-state index is -8.95. The van der Waals surface area contributed by atoms with Crippen molar-refractivity contribution in [1.82, 2.24) is 0 Å². The molecule has 0 saturated carbocycles. The summed E-state index contributed by atoms with van der Waals surface area (Å²) in [6.45, 7) is 0. The van der Waals surface area contributed by atoms with Crippen molar-refractivity contribution in [2.45, 2.75) is 95.5 Å². The number of benzene rings is 2. The summed E-state index contributed by atoms with van der Waals surface area (Å²) in [6.07, 6.45) is -22.8. The monoisotopic (exact) mass is 1170 g/mol. The van der Waals surface area contributed by atoms with E-state index in [4.69, 9.17) is 0 Å². The van der Waals surface area contributed by atoms with Crippen molar-refractivity contribution in [2.24, 2.45) is 0 Å². The van der Waals surface area contributed by atoms with E-state index in [0.29, 0.717) is 12.1 Å². The number of nitrogens with two attached hydrogens (primary N) is 2. The molecule has 0 fully saturated rings. The maximum Gasteiger partial charge on any atom is 0.471 e. The first-order valence-electron chi connectivity index (χ1n) is 16.2. The van der Waals surface area contributed by atoms with Gasteiger partial charge < -0.3 is 20.9 Å². The van der Waals surface area contributed by atoms with Crippen molar-refractivity contribution in [1.29, 1.82) is 0 Å². The van der Waals surface area contributed by atoms with Crippen LogP contribution in [0.4, 0.5) is 183 Å². The van der Waals surface area contributed by atoms with Crippen molar-refractivity contribution in [2.75, 3.05) is 11.5 Å². The van der Waals surface area contributed by atoms with Gasteiger partial charge in [-0.2, -0.15) is 158 Å². The molecule has 73 heavy (non-hydrogen) atoms. The number of anilines is 2. The highest BCUT2D eigenvalue weighted by Gasteiger charge is 2.98. The third kappa shape index (κ3) is 9.45. The summed E-state index contributed by atoms with van der Waals surface area (Å²) in [5, 5.41) is 0. The van der Waals surface area contributed by atoms with Crippen LogP contribution in [0.1, 0.15) is 0 Å². The first-order chi connectivity index (χ1) is 31.6. The summed E-state index contributed by atoms with van der Waals surface area (Å²) in [7, 11) is 0. The van der Waals surface area contributed by atoms with Gasteiger partial charge in [-0.3, -0.25) is 0 Å². The Labute approximate surface area is 371 Å². The zero-order valence-corrected chi connectivity index (χ0v) is 32.1. The number of halogens is 39. The Morgan fingerprint density at radius 2 is 0.616 bits per heavy atom. The fraction of sp³-hybridized carbons (Fsp3) is 0.533. The lowest BCUT2D eigenvalue weighted by molar-refractivity contribution is -0.476. The molecule has 2 aromatic carbocycles. The summed E-state index contributed by atoms with van der Waals surface area (Å²) in [6, 6.07) is -1.30. The third-order valence-corrected chi connectivity index (χ3v) is 8.39. The Morgan fingerprint density at radius 1 is 0.342 bits per heavy atom. The number of rotatable bonds is 17. The molecule has 0 saturated heterocycles. The van der Waals surface area contributed by atoms with Gasteiger partial charge in [0, 0.05) is 0 Å². The van der Waals surface area contributed by atoms with Gasteiger partial charge in [-0.1, -0.05) is 18.2 Å². The van der Waals surface area contributed by atoms with E-state index in [1.54, 1.807) is 0 Å². The van der Waals surface area contributed by atoms with Gasteiger partial charge in [-0.25, -0.2) is 13.2 Å². The van der Waals surface area contributed by atoms with Crippen LogP contribution in [0.5, 0.6) is 11.5 Å². The third-order valence-electron chi connectivity index (χ3n) is 8.39. The van der Waals surface area contributed by atoms with E-state index in [1.807, 2.05) is 0 Å². The fourth-order valence-corrected chi connectivity index (χ4v) is 4.18. The summed E-state index contributed by atoms with van der Waals surface area (Å²) in [5.41, 5.74) is 4.96. The first kappa shape index (κ1) is 65.7. The molecule has 0 aliphatic rings. The van der Waals surface area contributed by atoms with E-state index in [9.17, 15) is 171 Å². The van der Waals surface area contributed by atoms with Gasteiger partial charge in [0.1, 0.15) is 17.1 Å². The quantitative estimate of drug-likeness (QED) is 0.0717. The normalized spacial score (nSPS) is 15.7. The molecule has 0 spiro atoms. The number of hydrogen-bond acceptors (Lipinski definition) is 4. The highest BCUT2D eigenvalue weighted by atomic mass is 19.4. The van der Waals surface area contributed by atoms with Crippen LogP contribution in [0, 0.1) is 17.5 Å². The van der Waals surface area contributed by atoms with E-state index in [-0.39, 0.29) is 12.1 Å². The van der Waals surface area contributed by atoms with E-state index >= 15 is 0 Å². The number of nitrogen functional groups attached to an aromatic ring is 2. The summed E-state index contributed by atoms with van der Waals surface area (Å²) in [5.74, 6) is -128. The molecule has 4 nitrogen and oxygen atoms in total. The second-order valence-corrected chi connectivity index (χ2v) is 13.2. The molecule has 0 bridgehead atoms. The average molecular weight is 1170 g/mol. The van der Waals surface area contributed by atoms with E-state index in [1.165, 1.54) is 0 Å². The van der Waals surface area contributed by atoms with Crippen molar-refractivity contribution in [3.63, 3.8) is 0 Å². The molecule has 424 valence electrons. The van der Waals surface area contributed by atoms with Crippen molar-refractivity contribution >= 4 is 11.4 Å². The second-order valence-electron chi connectivity index (χ2n) is 13.2. The largest absolute Gasteiger partial charge is 0.471 e. The van der Waals surface area contributed by atoms with Crippen LogP contribution >= 0.6 is 0 Å². The number of allylic oxidation sites excluding steroid dienone is 1. The van der Waals surface area contributed by atoms with Crippen LogP contribution in [-0.4, -0.2) is 95.5 Å². The van der Waals surface area contributed by atoms with Crippen molar-refractivity contribution in [3.8, 4) is 11.5 Å². The molecule has 4 N–H and O–H groups in total. The minimum absolute atomic E-state index is 0.267. The summed E-state index contributed by atoms with van der Waals surface area (Å²) < 4.78 is 519. The van der Waals surface area contributed by atoms with Gasteiger partial charge in [0.25, 0.3) is 0 Å². The Hall–Kier alpha value is -5.35. The molecular formula is C30H9F39N2O2. The van der Waals surface area contributed by atoms with Gasteiger partial charge in [0.05, 0.1) is 0 Å². The van der Waals surface area contributed by atoms with Gasteiger partial charge in [-0.05, 0) is 12.1 Å². The molecule has 0 aromatic heterocycles. The lowest BCUT2D eigenvalue weighted by Gasteiger charge is -2.43. The molecule has 0 radical (unpaired) electrons. The molecule has 2 aromatic rings. The van der Waals surface area contributed by atoms with Crippen molar-refractivity contribution < 1.29 is 181 Å². The number of alkyl halides is 34. The molecular weight excluding hydrogens is 1160 g/mol. The number of ether oxygens (including phenoxy) is 2. The standard InChI is InChI=1S/C15H4F20N2O.C15H5F19O/c16-1-2(17)5(37)6(3(18)4(1)36)38-8(20)7(19)9(21,22)10(23,24)11(25,26)12(27,28)13(29,30)14(31,32)15(33,34)35;16-7(17,8(18,19)10(22,23)12(26,27)14(30,31)32)9(20,21)11(24,25)13(28,29)15(33,34)35-6-4-2-1-3-5-6/h36-37H2;1-5H. The predicted octanol–water partition coefficient (Wildman–Crippen LogP) is 14.8. The Balaban J connectivity index is 0.000000732. The molecule has 0 heterocycles. The zero-order chi connectivity index (χ0) is 59.1. The van der Waals surface area contributed by atoms with Crippen LogP contribution in [-0.2, 0) is 0 Å². The fourth-order valence-electron chi connectivity index (χ4n) is 4.18. The van der Waals surface area contributed by atoms with Crippen molar-refractivity contribution in [3.05, 3.63) is 59.6 Å². The Bertz CT molecular complexity index is 2300. The second kappa shape index (κ2) is 18.5. The highest BCUT2D eigenvalue weighted by molar-refractivity contribution is 5.63. The van der Waals surface area contributed by atoms with Gasteiger partial charge in [-0.15, -0.1) is 0 Å². The SMILES string of the molecule is FC(F)(F)C(F)(F)C(F)(F)C(F)(F)C(F)(F)C(F)(F)C(F)(F)C(F)(F)C(F)(F)Oc1ccccc1.Nc1c(F)c(F)c(N)c(OC(F)=C(F)C(F)(F)C(F)(F)C(F)(F)C(F)(F)C(F)(F)C(F)(F)C(F)(F)F)c1F. The van der Waals surface area contributed by atoms with E-state index < -0.39 is 148 Å². The number of hydrogen-bond donors (Lipinski definition) is 2.